The van der Waals surface area contributed by atoms with Crippen LogP contribution < -0.4 is 4.72 Å². The first-order valence-electron chi connectivity index (χ1n) is 2.20. The van der Waals surface area contributed by atoms with Gasteiger partial charge in [-0.2, -0.15) is 0 Å². The molecule has 0 saturated heterocycles. The molecule has 0 fully saturated rings. The van der Waals surface area contributed by atoms with Gasteiger partial charge in [0.05, 0.1) is 5.41 Å². The number of hydrogen-bond donors (Lipinski definition) is 1. The average molecular weight is 147 g/mol. The molecule has 0 amide bonds. The van der Waals surface area contributed by atoms with E-state index in [2.05, 4.69) is 9.46 Å². The van der Waals surface area contributed by atoms with Crippen LogP contribution in [-0.2, 0) is 14.8 Å². The van der Waals surface area contributed by atoms with E-state index in [0.29, 0.717) is 0 Å². The van der Waals surface area contributed by atoms with Crippen molar-refractivity contribution in [1.82, 2.24) is 4.72 Å². The van der Waals surface area contributed by atoms with Crippen molar-refractivity contribution in [3.63, 3.8) is 0 Å². The number of hydrogen-bond acceptors (Lipinski definition) is 3. The lowest BCUT2D eigenvalue weighted by molar-refractivity contribution is 0.403. The van der Waals surface area contributed by atoms with Crippen molar-refractivity contribution in [2.45, 2.75) is 0 Å². The van der Waals surface area contributed by atoms with Crippen molar-refractivity contribution < 1.29 is 13.2 Å². The van der Waals surface area contributed by atoms with Crippen LogP contribution in [0.4, 0.5) is 0 Å². The van der Waals surface area contributed by atoms with Gasteiger partial charge in [-0.25, -0.2) is 8.42 Å². The third kappa shape index (κ3) is 1.77. The third-order valence-corrected chi connectivity index (χ3v) is 1.63. The Balaban J connectivity index is 2.91. The van der Waals surface area contributed by atoms with E-state index >= 15 is 0 Å². The second-order valence-electron chi connectivity index (χ2n) is 1.37. The second kappa shape index (κ2) is 2.10. The Morgan fingerprint density at radius 3 is 2.89 bits per heavy atom. The molecular weight excluding hydrogens is 142 g/mol. The van der Waals surface area contributed by atoms with E-state index in [9.17, 15) is 8.42 Å². The highest BCUT2D eigenvalue weighted by Crippen LogP contribution is 1.92. The SMILES string of the molecule is O=S1(=O)C=COC=CN1. The Kier molecular flexibility index (Phi) is 1.44. The summed E-state index contributed by atoms with van der Waals surface area (Å²) < 4.78 is 27.7. The van der Waals surface area contributed by atoms with Crippen LogP contribution in [-0.4, -0.2) is 8.42 Å². The predicted octanol–water partition coefficient (Wildman–Crippen LogP) is -0.122. The summed E-state index contributed by atoms with van der Waals surface area (Å²) in [5.74, 6) is 0. The average Bonchev–Trinajstić information content (AvgIpc) is 1.92. The zero-order valence-electron chi connectivity index (χ0n) is 4.44. The summed E-state index contributed by atoms with van der Waals surface area (Å²) in [6, 6.07) is 0. The molecule has 1 heterocycles. The number of rotatable bonds is 0. The molecule has 0 aromatic carbocycles. The van der Waals surface area contributed by atoms with Gasteiger partial charge in [0.1, 0.15) is 12.5 Å². The highest BCUT2D eigenvalue weighted by Gasteiger charge is 2.01. The molecule has 0 atom stereocenters. The summed E-state index contributed by atoms with van der Waals surface area (Å²) in [6.07, 6.45) is 3.53. The fourth-order valence-corrected chi connectivity index (χ4v) is 0.886. The molecule has 4 nitrogen and oxygen atoms in total. The molecule has 0 unspecified atom stereocenters. The van der Waals surface area contributed by atoms with Crippen molar-refractivity contribution in [3.05, 3.63) is 24.1 Å². The molecule has 1 N–H and O–H groups in total. The Morgan fingerprint density at radius 2 is 2.11 bits per heavy atom. The molecule has 1 aliphatic heterocycles. The first-order chi connectivity index (χ1) is 4.21. The molecule has 0 aliphatic carbocycles. The molecule has 0 aromatic heterocycles. The maximum Gasteiger partial charge on any atom is 0.257 e. The van der Waals surface area contributed by atoms with Gasteiger partial charge >= 0.3 is 0 Å². The smallest absolute Gasteiger partial charge is 0.257 e. The summed E-state index contributed by atoms with van der Waals surface area (Å²) in [7, 11) is -3.26. The van der Waals surface area contributed by atoms with Gasteiger partial charge in [0, 0.05) is 6.20 Å². The molecule has 0 saturated carbocycles. The lowest BCUT2D eigenvalue weighted by Gasteiger charge is -1.89. The topological polar surface area (TPSA) is 55.4 Å². The van der Waals surface area contributed by atoms with Crippen LogP contribution in [0.5, 0.6) is 0 Å². The minimum atomic E-state index is -3.26. The van der Waals surface area contributed by atoms with E-state index in [1.807, 2.05) is 0 Å². The first kappa shape index (κ1) is 6.15. The van der Waals surface area contributed by atoms with E-state index in [-0.39, 0.29) is 0 Å². The first-order valence-corrected chi connectivity index (χ1v) is 3.75. The van der Waals surface area contributed by atoms with Crippen molar-refractivity contribution in [1.29, 1.82) is 0 Å². The zero-order valence-corrected chi connectivity index (χ0v) is 5.26. The van der Waals surface area contributed by atoms with Gasteiger partial charge in [-0.1, -0.05) is 0 Å². The van der Waals surface area contributed by atoms with Crippen LogP contribution >= 0.6 is 0 Å². The maximum atomic E-state index is 10.5. The maximum absolute atomic E-state index is 10.5. The minimum Gasteiger partial charge on any atom is -0.470 e. The Bertz CT molecular complexity index is 239. The summed E-state index contributed by atoms with van der Waals surface area (Å²) in [6.45, 7) is 0. The highest BCUT2D eigenvalue weighted by molar-refractivity contribution is 7.92. The van der Waals surface area contributed by atoms with Gasteiger partial charge in [0.2, 0.25) is 0 Å². The monoisotopic (exact) mass is 147 g/mol. The molecule has 1 aliphatic rings. The molecule has 50 valence electrons. The number of nitrogens with one attached hydrogen (secondary N) is 1. The molecule has 5 heteroatoms. The second-order valence-corrected chi connectivity index (χ2v) is 2.97. The Hall–Kier alpha value is -0.970. The third-order valence-electron chi connectivity index (χ3n) is 0.692. The quantitative estimate of drug-likeness (QED) is 0.519. The van der Waals surface area contributed by atoms with Crippen LogP contribution in [0.25, 0.3) is 0 Å². The van der Waals surface area contributed by atoms with Gasteiger partial charge in [0.15, 0.2) is 0 Å². The van der Waals surface area contributed by atoms with Crippen LogP contribution in [0, 0.1) is 0 Å². The number of ether oxygens (including phenoxy) is 1. The van der Waals surface area contributed by atoms with Gasteiger partial charge in [-0.3, -0.25) is 4.72 Å². The fourth-order valence-electron chi connectivity index (χ4n) is 0.352. The van der Waals surface area contributed by atoms with E-state index < -0.39 is 10.0 Å². The lowest BCUT2D eigenvalue weighted by Crippen LogP contribution is -2.12. The molecule has 0 radical (unpaired) electrons. The van der Waals surface area contributed by atoms with Crippen LogP contribution in [0.15, 0.2) is 24.1 Å². The largest absolute Gasteiger partial charge is 0.470 e. The van der Waals surface area contributed by atoms with E-state index in [1.165, 1.54) is 12.5 Å². The standard InChI is InChI=1S/C4H5NO3S/c6-9(7)4-3-8-2-1-5-9/h1-5H. The number of sulfonamides is 1. The minimum absolute atomic E-state index is 0.938. The summed E-state index contributed by atoms with van der Waals surface area (Å²) in [4.78, 5) is 0. The van der Waals surface area contributed by atoms with E-state index in [1.54, 1.807) is 0 Å². The molecule has 1 rings (SSSR count). The lowest BCUT2D eigenvalue weighted by atomic mass is 11.0. The Morgan fingerprint density at radius 1 is 1.33 bits per heavy atom. The van der Waals surface area contributed by atoms with E-state index in [4.69, 9.17) is 0 Å². The summed E-state index contributed by atoms with van der Waals surface area (Å²) in [5.41, 5.74) is 0. The molecular formula is C4H5NO3S. The molecule has 0 spiro atoms. The zero-order chi connectivity index (χ0) is 6.74. The van der Waals surface area contributed by atoms with Crippen LogP contribution in [0.2, 0.25) is 0 Å². The van der Waals surface area contributed by atoms with Crippen LogP contribution in [0.1, 0.15) is 0 Å². The van der Waals surface area contributed by atoms with Crippen molar-refractivity contribution >= 4 is 10.0 Å². The van der Waals surface area contributed by atoms with Crippen LogP contribution in [0.3, 0.4) is 0 Å². The Labute approximate surface area is 52.9 Å². The predicted molar refractivity (Wildman–Crippen MR) is 31.4 cm³/mol. The van der Waals surface area contributed by atoms with Gasteiger partial charge < -0.3 is 4.74 Å². The summed E-state index contributed by atoms with van der Waals surface area (Å²) in [5, 5.41) is 0.938. The van der Waals surface area contributed by atoms with Gasteiger partial charge in [0.25, 0.3) is 10.0 Å². The van der Waals surface area contributed by atoms with Gasteiger partial charge in [-0.15, -0.1) is 0 Å². The normalized spacial score (nSPS) is 21.8. The van der Waals surface area contributed by atoms with Crippen molar-refractivity contribution in [2.24, 2.45) is 0 Å². The van der Waals surface area contributed by atoms with Crippen molar-refractivity contribution in [2.75, 3.05) is 0 Å². The fraction of sp³-hybridized carbons (Fsp3) is 0. The van der Waals surface area contributed by atoms with E-state index in [0.717, 1.165) is 11.7 Å². The molecule has 9 heavy (non-hydrogen) atoms. The van der Waals surface area contributed by atoms with Gasteiger partial charge in [-0.05, 0) is 0 Å². The van der Waals surface area contributed by atoms with Crippen molar-refractivity contribution in [3.8, 4) is 0 Å². The molecule has 0 bridgehead atoms. The molecule has 0 aromatic rings. The highest BCUT2D eigenvalue weighted by atomic mass is 32.2. The summed E-state index contributed by atoms with van der Waals surface area (Å²) >= 11 is 0.